The van der Waals surface area contributed by atoms with E-state index in [1.165, 1.54) is 11.1 Å². The van der Waals surface area contributed by atoms with Gasteiger partial charge in [0.05, 0.1) is 6.10 Å². The highest BCUT2D eigenvalue weighted by Gasteiger charge is 2.27. The van der Waals surface area contributed by atoms with E-state index in [1.54, 1.807) is 0 Å². The number of hydrogen-bond donors (Lipinski definition) is 2. The monoisotopic (exact) mass is 365 g/mol. The van der Waals surface area contributed by atoms with Crippen LogP contribution in [0.4, 0.5) is 0 Å². The third kappa shape index (κ3) is 6.10. The minimum absolute atomic E-state index is 0.149. The molecular weight excluding hydrogens is 334 g/mol. The summed E-state index contributed by atoms with van der Waals surface area (Å²) in [5.74, 6) is 1.32. The van der Waals surface area contributed by atoms with Gasteiger partial charge in [0.15, 0.2) is 5.96 Å². The minimum atomic E-state index is 0.149. The van der Waals surface area contributed by atoms with E-state index in [1.807, 2.05) is 0 Å². The van der Waals surface area contributed by atoms with Gasteiger partial charge in [-0.15, -0.1) is 0 Å². The maximum Gasteiger partial charge on any atom is 0.191 e. The Morgan fingerprint density at radius 1 is 1.04 bits per heavy atom. The first-order chi connectivity index (χ1) is 13.4. The molecule has 2 atom stereocenters. The molecule has 27 heavy (non-hydrogen) atoms. The molecule has 0 radical (unpaired) electrons. The average molecular weight is 366 g/mol. The molecule has 0 aromatic heterocycles. The molecule has 0 amide bonds. The minimum Gasteiger partial charge on any atom is -0.373 e. The second kappa shape index (κ2) is 10.7. The number of nitrogens with one attached hydrogen (secondary N) is 2. The molecule has 0 aliphatic carbocycles. The SMILES string of the molecule is CCNC(=NCC1CCCOC1c1ccccc1)NCCc1ccccc1. The van der Waals surface area contributed by atoms with Gasteiger partial charge in [0.2, 0.25) is 0 Å². The molecule has 2 aromatic carbocycles. The number of benzene rings is 2. The van der Waals surface area contributed by atoms with Crippen LogP contribution in [0.15, 0.2) is 65.7 Å². The van der Waals surface area contributed by atoms with E-state index in [0.29, 0.717) is 5.92 Å². The van der Waals surface area contributed by atoms with Crippen molar-refractivity contribution in [2.45, 2.75) is 32.3 Å². The van der Waals surface area contributed by atoms with Gasteiger partial charge in [0.25, 0.3) is 0 Å². The topological polar surface area (TPSA) is 45.7 Å². The standard InChI is InChI=1S/C23H31N3O/c1-2-24-23(25-16-15-19-10-5-3-6-11-19)26-18-21-14-9-17-27-22(21)20-12-7-4-8-13-20/h3-8,10-13,21-22H,2,9,14-18H2,1H3,(H2,24,25,26). The molecule has 4 heteroatoms. The van der Waals surface area contributed by atoms with Crippen LogP contribution in [-0.4, -0.2) is 32.2 Å². The second-order valence-electron chi connectivity index (χ2n) is 6.99. The van der Waals surface area contributed by atoms with Crippen LogP contribution in [0.2, 0.25) is 0 Å². The molecule has 3 rings (SSSR count). The van der Waals surface area contributed by atoms with Crippen LogP contribution in [0, 0.1) is 5.92 Å². The van der Waals surface area contributed by atoms with Crippen molar-refractivity contribution in [1.29, 1.82) is 0 Å². The summed E-state index contributed by atoms with van der Waals surface area (Å²) in [6, 6.07) is 21.1. The van der Waals surface area contributed by atoms with Crippen molar-refractivity contribution in [3.05, 3.63) is 71.8 Å². The molecule has 0 spiro atoms. The summed E-state index contributed by atoms with van der Waals surface area (Å²) in [7, 11) is 0. The summed E-state index contributed by atoms with van der Waals surface area (Å²) in [4.78, 5) is 4.86. The third-order valence-electron chi connectivity index (χ3n) is 4.95. The fourth-order valence-corrected chi connectivity index (χ4v) is 3.56. The molecule has 2 N–H and O–H groups in total. The molecule has 1 aliphatic rings. The Morgan fingerprint density at radius 2 is 1.78 bits per heavy atom. The summed E-state index contributed by atoms with van der Waals surface area (Å²) in [5, 5.41) is 6.82. The van der Waals surface area contributed by atoms with Gasteiger partial charge in [-0.1, -0.05) is 60.7 Å². The summed E-state index contributed by atoms with van der Waals surface area (Å²) < 4.78 is 6.10. The number of rotatable bonds is 7. The zero-order valence-electron chi connectivity index (χ0n) is 16.2. The van der Waals surface area contributed by atoms with Crippen LogP contribution in [0.3, 0.4) is 0 Å². The van der Waals surface area contributed by atoms with Crippen molar-refractivity contribution in [2.75, 3.05) is 26.2 Å². The van der Waals surface area contributed by atoms with Crippen molar-refractivity contribution in [1.82, 2.24) is 10.6 Å². The Kier molecular flexibility index (Phi) is 7.72. The zero-order valence-corrected chi connectivity index (χ0v) is 16.2. The Bertz CT molecular complexity index is 687. The number of hydrogen-bond acceptors (Lipinski definition) is 2. The van der Waals surface area contributed by atoms with E-state index in [2.05, 4.69) is 78.2 Å². The van der Waals surface area contributed by atoms with Crippen molar-refractivity contribution in [2.24, 2.45) is 10.9 Å². The number of ether oxygens (including phenoxy) is 1. The summed E-state index contributed by atoms with van der Waals surface area (Å²) >= 11 is 0. The van der Waals surface area contributed by atoms with Gasteiger partial charge in [-0.25, -0.2) is 0 Å². The molecular formula is C23H31N3O. The third-order valence-corrected chi connectivity index (χ3v) is 4.95. The van der Waals surface area contributed by atoms with Gasteiger partial charge in [0.1, 0.15) is 0 Å². The van der Waals surface area contributed by atoms with E-state index in [4.69, 9.17) is 9.73 Å². The highest BCUT2D eigenvalue weighted by Crippen LogP contribution is 2.33. The molecule has 1 saturated heterocycles. The van der Waals surface area contributed by atoms with Gasteiger partial charge in [0, 0.05) is 32.2 Å². The first kappa shape index (κ1) is 19.4. The summed E-state index contributed by atoms with van der Waals surface area (Å²) in [5.41, 5.74) is 2.60. The lowest BCUT2D eigenvalue weighted by atomic mass is 9.89. The summed E-state index contributed by atoms with van der Waals surface area (Å²) in [6.07, 6.45) is 3.41. The van der Waals surface area contributed by atoms with Gasteiger partial charge in [-0.3, -0.25) is 4.99 Å². The molecule has 1 fully saturated rings. The highest BCUT2D eigenvalue weighted by molar-refractivity contribution is 5.79. The quantitative estimate of drug-likeness (QED) is 0.577. The van der Waals surface area contributed by atoms with Crippen LogP contribution in [0.25, 0.3) is 0 Å². The maximum atomic E-state index is 6.10. The lowest BCUT2D eigenvalue weighted by Crippen LogP contribution is -2.39. The fraction of sp³-hybridized carbons (Fsp3) is 0.435. The van der Waals surface area contributed by atoms with Crippen LogP contribution < -0.4 is 10.6 Å². The van der Waals surface area contributed by atoms with E-state index in [9.17, 15) is 0 Å². The number of guanidine groups is 1. The van der Waals surface area contributed by atoms with E-state index in [0.717, 1.165) is 51.5 Å². The molecule has 0 bridgehead atoms. The van der Waals surface area contributed by atoms with E-state index >= 15 is 0 Å². The first-order valence-electron chi connectivity index (χ1n) is 10.1. The lowest BCUT2D eigenvalue weighted by Gasteiger charge is -2.31. The van der Waals surface area contributed by atoms with Gasteiger partial charge in [-0.2, -0.15) is 0 Å². The molecule has 1 aliphatic heterocycles. The molecule has 0 saturated carbocycles. The van der Waals surface area contributed by atoms with E-state index < -0.39 is 0 Å². The summed E-state index contributed by atoms with van der Waals surface area (Å²) in [6.45, 7) is 5.46. The first-order valence-corrected chi connectivity index (χ1v) is 10.1. The largest absolute Gasteiger partial charge is 0.373 e. The number of aliphatic imine (C=N–C) groups is 1. The van der Waals surface area contributed by atoms with Crippen LogP contribution in [0.5, 0.6) is 0 Å². The maximum absolute atomic E-state index is 6.10. The molecule has 2 aromatic rings. The van der Waals surface area contributed by atoms with Crippen molar-refractivity contribution in [3.63, 3.8) is 0 Å². The highest BCUT2D eigenvalue weighted by atomic mass is 16.5. The predicted molar refractivity (Wildman–Crippen MR) is 112 cm³/mol. The Hall–Kier alpha value is -2.33. The molecule has 144 valence electrons. The van der Waals surface area contributed by atoms with Crippen LogP contribution in [-0.2, 0) is 11.2 Å². The van der Waals surface area contributed by atoms with E-state index in [-0.39, 0.29) is 6.10 Å². The predicted octanol–water partition coefficient (Wildman–Crippen LogP) is 3.95. The average Bonchev–Trinajstić information content (AvgIpc) is 2.74. The molecule has 1 heterocycles. The van der Waals surface area contributed by atoms with Crippen molar-refractivity contribution < 1.29 is 4.74 Å². The zero-order chi connectivity index (χ0) is 18.7. The second-order valence-corrected chi connectivity index (χ2v) is 6.99. The number of nitrogens with zero attached hydrogens (tertiary/aromatic N) is 1. The fourth-order valence-electron chi connectivity index (χ4n) is 3.56. The molecule has 2 unspecified atom stereocenters. The normalized spacial score (nSPS) is 20.3. The van der Waals surface area contributed by atoms with Crippen molar-refractivity contribution in [3.8, 4) is 0 Å². The van der Waals surface area contributed by atoms with Crippen LogP contribution >= 0.6 is 0 Å². The van der Waals surface area contributed by atoms with Gasteiger partial charge in [-0.05, 0) is 37.3 Å². The lowest BCUT2D eigenvalue weighted by molar-refractivity contribution is -0.0250. The smallest absolute Gasteiger partial charge is 0.191 e. The van der Waals surface area contributed by atoms with Gasteiger partial charge >= 0.3 is 0 Å². The van der Waals surface area contributed by atoms with Crippen LogP contribution in [0.1, 0.15) is 37.0 Å². The Balaban J connectivity index is 1.57. The Labute approximate surface area is 163 Å². The van der Waals surface area contributed by atoms with Gasteiger partial charge < -0.3 is 15.4 Å². The van der Waals surface area contributed by atoms with Crippen molar-refractivity contribution >= 4 is 5.96 Å². The molecule has 4 nitrogen and oxygen atoms in total. The Morgan fingerprint density at radius 3 is 2.52 bits per heavy atom.